The van der Waals surface area contributed by atoms with Crippen molar-refractivity contribution in [2.24, 2.45) is 0 Å². The molecule has 0 N–H and O–H groups in total. The summed E-state index contributed by atoms with van der Waals surface area (Å²) >= 11 is 0. The van der Waals surface area contributed by atoms with E-state index in [2.05, 4.69) is 26.0 Å². The predicted molar refractivity (Wildman–Crippen MR) is 61.1 cm³/mol. The van der Waals surface area contributed by atoms with Gasteiger partial charge in [-0.2, -0.15) is 0 Å². The molecule has 0 bridgehead atoms. The fourth-order valence-electron chi connectivity index (χ4n) is 1.41. The molecule has 1 aromatic rings. The lowest BCUT2D eigenvalue weighted by molar-refractivity contribution is -0.122. The Morgan fingerprint density at radius 1 is 1.27 bits per heavy atom. The molecule has 0 aliphatic heterocycles. The number of aryl methyl sites for hydroxylation is 2. The Labute approximate surface area is 91.3 Å². The van der Waals surface area contributed by atoms with Crippen molar-refractivity contribution in [3.63, 3.8) is 0 Å². The normalized spacial score (nSPS) is 10.3. The fraction of sp³-hybridized carbons (Fsp3) is 0.462. The van der Waals surface area contributed by atoms with E-state index in [4.69, 9.17) is 4.74 Å². The SMILES string of the molecule is CCOCC(=O)Cc1ccc(C)c(C)c1. The monoisotopic (exact) mass is 206 g/mol. The molecule has 0 aliphatic rings. The van der Waals surface area contributed by atoms with Gasteiger partial charge in [-0.3, -0.25) is 4.79 Å². The van der Waals surface area contributed by atoms with Crippen molar-refractivity contribution in [1.82, 2.24) is 0 Å². The number of hydrogen-bond donors (Lipinski definition) is 0. The van der Waals surface area contributed by atoms with Crippen LogP contribution in [0.3, 0.4) is 0 Å². The molecule has 1 aromatic carbocycles. The maximum atomic E-state index is 11.4. The molecular weight excluding hydrogens is 188 g/mol. The Morgan fingerprint density at radius 2 is 2.00 bits per heavy atom. The summed E-state index contributed by atoms with van der Waals surface area (Å²) in [6, 6.07) is 6.13. The van der Waals surface area contributed by atoms with Gasteiger partial charge in [-0.15, -0.1) is 0 Å². The maximum Gasteiger partial charge on any atom is 0.162 e. The molecule has 0 heterocycles. The van der Waals surface area contributed by atoms with Crippen LogP contribution in [0.25, 0.3) is 0 Å². The van der Waals surface area contributed by atoms with Crippen LogP contribution in [0, 0.1) is 13.8 Å². The van der Waals surface area contributed by atoms with Crippen molar-refractivity contribution in [2.75, 3.05) is 13.2 Å². The zero-order valence-electron chi connectivity index (χ0n) is 9.67. The summed E-state index contributed by atoms with van der Waals surface area (Å²) in [5, 5.41) is 0. The Hall–Kier alpha value is -1.15. The Morgan fingerprint density at radius 3 is 2.60 bits per heavy atom. The number of carbonyl (C=O) groups is 1. The molecule has 1 rings (SSSR count). The molecule has 0 saturated carbocycles. The van der Waals surface area contributed by atoms with Gasteiger partial charge < -0.3 is 4.74 Å². The number of rotatable bonds is 5. The van der Waals surface area contributed by atoms with Crippen LogP contribution >= 0.6 is 0 Å². The summed E-state index contributed by atoms with van der Waals surface area (Å²) in [7, 11) is 0. The van der Waals surface area contributed by atoms with Crippen molar-refractivity contribution in [3.05, 3.63) is 34.9 Å². The summed E-state index contributed by atoms with van der Waals surface area (Å²) in [4.78, 5) is 11.4. The van der Waals surface area contributed by atoms with Crippen molar-refractivity contribution in [2.45, 2.75) is 27.2 Å². The second-order valence-electron chi connectivity index (χ2n) is 3.77. The van der Waals surface area contributed by atoms with E-state index in [1.165, 1.54) is 11.1 Å². The molecule has 2 nitrogen and oxygen atoms in total. The minimum atomic E-state index is 0.139. The van der Waals surface area contributed by atoms with Gasteiger partial charge in [-0.05, 0) is 37.5 Å². The predicted octanol–water partition coefficient (Wildman–Crippen LogP) is 2.45. The van der Waals surface area contributed by atoms with Gasteiger partial charge >= 0.3 is 0 Å². The summed E-state index contributed by atoms with van der Waals surface area (Å²) < 4.78 is 5.07. The largest absolute Gasteiger partial charge is 0.374 e. The van der Waals surface area contributed by atoms with Gasteiger partial charge in [0.15, 0.2) is 5.78 Å². The topological polar surface area (TPSA) is 26.3 Å². The van der Waals surface area contributed by atoms with Crippen LogP contribution in [-0.4, -0.2) is 19.0 Å². The number of hydrogen-bond acceptors (Lipinski definition) is 2. The Kier molecular flexibility index (Phi) is 4.50. The highest BCUT2D eigenvalue weighted by atomic mass is 16.5. The van der Waals surface area contributed by atoms with Gasteiger partial charge in [0.25, 0.3) is 0 Å². The molecular formula is C13H18O2. The number of ketones is 1. The van der Waals surface area contributed by atoms with Gasteiger partial charge in [0.1, 0.15) is 6.61 Å². The second kappa shape index (κ2) is 5.66. The van der Waals surface area contributed by atoms with Gasteiger partial charge in [-0.25, -0.2) is 0 Å². The van der Waals surface area contributed by atoms with Gasteiger partial charge in [0, 0.05) is 13.0 Å². The molecule has 0 atom stereocenters. The van der Waals surface area contributed by atoms with Crippen LogP contribution in [0.2, 0.25) is 0 Å². The van der Waals surface area contributed by atoms with E-state index >= 15 is 0 Å². The molecule has 0 aromatic heterocycles. The zero-order chi connectivity index (χ0) is 11.3. The molecule has 2 heteroatoms. The Bertz CT molecular complexity index is 342. The first kappa shape index (κ1) is 11.9. The van der Waals surface area contributed by atoms with E-state index in [1.54, 1.807) is 0 Å². The van der Waals surface area contributed by atoms with Crippen LogP contribution in [0.5, 0.6) is 0 Å². The van der Waals surface area contributed by atoms with Gasteiger partial charge in [0.2, 0.25) is 0 Å². The van der Waals surface area contributed by atoms with Crippen LogP contribution < -0.4 is 0 Å². The summed E-state index contributed by atoms with van der Waals surface area (Å²) in [5.74, 6) is 0.139. The van der Waals surface area contributed by atoms with Crippen molar-refractivity contribution >= 4 is 5.78 Å². The summed E-state index contributed by atoms with van der Waals surface area (Å²) in [6.45, 7) is 6.85. The van der Waals surface area contributed by atoms with Crippen LogP contribution in [0.4, 0.5) is 0 Å². The number of Topliss-reactive ketones (excluding diaryl/α,β-unsaturated/α-hetero) is 1. The molecule has 0 saturated heterocycles. The number of benzene rings is 1. The first-order valence-corrected chi connectivity index (χ1v) is 5.29. The second-order valence-corrected chi connectivity index (χ2v) is 3.77. The lowest BCUT2D eigenvalue weighted by atomic mass is 10.0. The molecule has 0 fully saturated rings. The highest BCUT2D eigenvalue weighted by Crippen LogP contribution is 2.10. The lowest BCUT2D eigenvalue weighted by Crippen LogP contribution is -2.11. The van der Waals surface area contributed by atoms with Crippen molar-refractivity contribution in [3.8, 4) is 0 Å². The highest BCUT2D eigenvalue weighted by Gasteiger charge is 2.04. The van der Waals surface area contributed by atoms with Crippen molar-refractivity contribution in [1.29, 1.82) is 0 Å². The molecule has 0 spiro atoms. The molecule has 0 aliphatic carbocycles. The average Bonchev–Trinajstić information content (AvgIpc) is 2.20. The Balaban J connectivity index is 2.57. The molecule has 0 radical (unpaired) electrons. The number of carbonyl (C=O) groups excluding carboxylic acids is 1. The van der Waals surface area contributed by atoms with E-state index in [9.17, 15) is 4.79 Å². The van der Waals surface area contributed by atoms with Gasteiger partial charge in [0.05, 0.1) is 0 Å². The molecule has 0 unspecified atom stereocenters. The lowest BCUT2D eigenvalue weighted by Gasteiger charge is -2.04. The summed E-state index contributed by atoms with van der Waals surface area (Å²) in [6.07, 6.45) is 0.473. The molecule has 15 heavy (non-hydrogen) atoms. The first-order chi connectivity index (χ1) is 7.13. The number of ether oxygens (including phenoxy) is 1. The fourth-order valence-corrected chi connectivity index (χ4v) is 1.41. The van der Waals surface area contributed by atoms with E-state index in [0.29, 0.717) is 13.0 Å². The standard InChI is InChI=1S/C13H18O2/c1-4-15-9-13(14)8-12-6-5-10(2)11(3)7-12/h5-7H,4,8-9H2,1-3H3. The van der Waals surface area contributed by atoms with E-state index in [1.807, 2.05) is 13.0 Å². The van der Waals surface area contributed by atoms with E-state index < -0.39 is 0 Å². The third kappa shape index (κ3) is 3.84. The van der Waals surface area contributed by atoms with E-state index in [-0.39, 0.29) is 12.4 Å². The van der Waals surface area contributed by atoms with Gasteiger partial charge in [-0.1, -0.05) is 18.2 Å². The minimum absolute atomic E-state index is 0.139. The quantitative estimate of drug-likeness (QED) is 0.739. The van der Waals surface area contributed by atoms with Crippen molar-refractivity contribution < 1.29 is 9.53 Å². The maximum absolute atomic E-state index is 11.4. The third-order valence-electron chi connectivity index (χ3n) is 2.44. The first-order valence-electron chi connectivity index (χ1n) is 5.29. The van der Waals surface area contributed by atoms with E-state index in [0.717, 1.165) is 5.56 Å². The van der Waals surface area contributed by atoms with Crippen LogP contribution in [0.1, 0.15) is 23.6 Å². The average molecular weight is 206 g/mol. The van der Waals surface area contributed by atoms with Crippen LogP contribution in [0.15, 0.2) is 18.2 Å². The van der Waals surface area contributed by atoms with Crippen LogP contribution in [-0.2, 0) is 16.0 Å². The molecule has 0 amide bonds. The molecule has 82 valence electrons. The smallest absolute Gasteiger partial charge is 0.162 e. The highest BCUT2D eigenvalue weighted by molar-refractivity contribution is 5.82. The minimum Gasteiger partial charge on any atom is -0.374 e. The third-order valence-corrected chi connectivity index (χ3v) is 2.44. The zero-order valence-corrected chi connectivity index (χ0v) is 9.67. The summed E-state index contributed by atoms with van der Waals surface area (Å²) in [5.41, 5.74) is 3.57.